The molecule has 0 aromatic rings. The van der Waals surface area contributed by atoms with E-state index in [0.29, 0.717) is 19.4 Å². The number of hydrogen-bond donors (Lipinski definition) is 6. The fourth-order valence-electron chi connectivity index (χ4n) is 13.3. The molecule has 7 unspecified atom stereocenters. The lowest BCUT2D eigenvalue weighted by Crippen LogP contribution is -2.60. The summed E-state index contributed by atoms with van der Waals surface area (Å²) in [5, 5.41) is 54.4. The van der Waals surface area contributed by atoms with E-state index in [0.717, 1.165) is 64.2 Å². The summed E-state index contributed by atoms with van der Waals surface area (Å²) in [6, 6.07) is -0.804. The van der Waals surface area contributed by atoms with Gasteiger partial charge in [-0.2, -0.15) is 0 Å². The van der Waals surface area contributed by atoms with Crippen LogP contribution in [0.3, 0.4) is 0 Å². The van der Waals surface area contributed by atoms with Crippen molar-refractivity contribution in [3.63, 3.8) is 0 Å². The van der Waals surface area contributed by atoms with Gasteiger partial charge in [-0.05, 0) is 64.2 Å². The maximum Gasteiger partial charge on any atom is 0.305 e. The Labute approximate surface area is 581 Å². The Balaban J connectivity index is 1.82. The van der Waals surface area contributed by atoms with Crippen LogP contribution in [0.4, 0.5) is 0 Å². The molecule has 0 radical (unpaired) electrons. The number of hydrogen-bond acceptors (Lipinski definition) is 10. The topological polar surface area (TPSA) is 175 Å². The summed E-state index contributed by atoms with van der Waals surface area (Å²) in [4.78, 5) is 25.2. The lowest BCUT2D eigenvalue weighted by Gasteiger charge is -2.40. The Bertz CT molecular complexity index is 1660. The number of allylic oxidation sites excluding steroid dienone is 5. The van der Waals surface area contributed by atoms with Crippen molar-refractivity contribution in [3.8, 4) is 0 Å². The van der Waals surface area contributed by atoms with Crippen molar-refractivity contribution in [2.45, 2.75) is 461 Å². The van der Waals surface area contributed by atoms with Gasteiger partial charge in [-0.1, -0.05) is 378 Å². The van der Waals surface area contributed by atoms with Gasteiger partial charge in [-0.25, -0.2) is 0 Å². The van der Waals surface area contributed by atoms with E-state index in [1.54, 1.807) is 6.08 Å². The highest BCUT2D eigenvalue weighted by Gasteiger charge is 2.44. The van der Waals surface area contributed by atoms with Crippen LogP contribution in [0.5, 0.6) is 0 Å². The highest BCUT2D eigenvalue weighted by atomic mass is 16.7. The van der Waals surface area contributed by atoms with Gasteiger partial charge in [-0.15, -0.1) is 0 Å². The molecule has 0 aromatic carbocycles. The fraction of sp³-hybridized carbons (Fsp3) is 0.904. The van der Waals surface area contributed by atoms with Gasteiger partial charge in [0.25, 0.3) is 0 Å². The molecule has 554 valence electrons. The normalized spacial score (nSPS) is 17.5. The Morgan fingerprint density at radius 1 is 0.394 bits per heavy atom. The smallest absolute Gasteiger partial charge is 0.305 e. The number of aliphatic hydroxyl groups is 5. The Hall–Kier alpha value is -2.12. The van der Waals surface area contributed by atoms with Crippen molar-refractivity contribution in [2.24, 2.45) is 0 Å². The first-order valence-electron chi connectivity index (χ1n) is 41.3. The summed E-state index contributed by atoms with van der Waals surface area (Å²) in [6.07, 6.45) is 85.0. The Morgan fingerprint density at radius 3 is 1.09 bits per heavy atom. The average Bonchev–Trinajstić information content (AvgIpc) is 0.848. The van der Waals surface area contributed by atoms with Crippen molar-refractivity contribution < 1.29 is 49.3 Å². The van der Waals surface area contributed by atoms with Gasteiger partial charge in [-0.3, -0.25) is 9.59 Å². The fourth-order valence-corrected chi connectivity index (χ4v) is 13.3. The van der Waals surface area contributed by atoms with Gasteiger partial charge < -0.3 is 45.1 Å². The van der Waals surface area contributed by atoms with E-state index >= 15 is 0 Å². The van der Waals surface area contributed by atoms with E-state index in [1.807, 2.05) is 6.08 Å². The standard InChI is InChI=1S/C83H157NO10/c1-3-5-7-9-11-13-14-15-16-17-42-45-48-51-55-59-63-67-71-79(88)92-72-68-64-60-56-52-49-46-43-40-38-36-34-32-30-28-26-24-22-20-18-19-21-23-25-27-29-31-33-35-37-39-41-44-47-50-54-58-62-66-70-78(87)84-75(76(86)69-65-61-57-53-12-10-8-6-4-2)74-93-83-82(91)81(90)80(89)77(73-85)94-83/h13-14,16-17,65,69,75-77,80-83,85-86,89-91H,3-12,15,18-64,66-68,70-74H2,1-2H3,(H,84,87)/b14-13-,17-16-,69-65+. The number of aliphatic hydroxyl groups excluding tert-OH is 5. The quantitative estimate of drug-likeness (QED) is 0.0195. The molecule has 11 heteroatoms. The molecular weight excluding hydrogens is 1170 g/mol. The van der Waals surface area contributed by atoms with E-state index in [2.05, 4.69) is 43.5 Å². The van der Waals surface area contributed by atoms with Crippen LogP contribution in [0.15, 0.2) is 36.5 Å². The number of rotatable bonds is 74. The lowest BCUT2D eigenvalue weighted by atomic mass is 9.99. The summed E-state index contributed by atoms with van der Waals surface area (Å²) in [5.41, 5.74) is 0. The number of nitrogens with one attached hydrogen (secondary N) is 1. The first-order valence-corrected chi connectivity index (χ1v) is 41.3. The maximum atomic E-state index is 13.0. The van der Waals surface area contributed by atoms with Gasteiger partial charge in [0.05, 0.1) is 32.0 Å². The SMILES string of the molecule is CCCCCC/C=C\C/C=C\CCCCCCCCCC(=O)OCCCCCCCCCCCCCCCCCCCCCCCCCCCCCCCCCCCCCCCCCC(=O)NC(COC1OC(CO)C(O)C(O)C1O)C(O)/C=C/CCCCCCCCC. The van der Waals surface area contributed by atoms with Crippen LogP contribution in [0.2, 0.25) is 0 Å². The summed E-state index contributed by atoms with van der Waals surface area (Å²) >= 11 is 0. The van der Waals surface area contributed by atoms with E-state index in [1.165, 1.54) is 327 Å². The molecule has 0 saturated carbocycles. The van der Waals surface area contributed by atoms with E-state index in [9.17, 15) is 35.1 Å². The molecule has 1 aliphatic rings. The molecule has 0 aromatic heterocycles. The molecule has 1 aliphatic heterocycles. The largest absolute Gasteiger partial charge is 0.466 e. The third-order valence-corrected chi connectivity index (χ3v) is 19.7. The van der Waals surface area contributed by atoms with E-state index in [4.69, 9.17) is 14.2 Å². The van der Waals surface area contributed by atoms with Crippen molar-refractivity contribution in [2.75, 3.05) is 19.8 Å². The number of ether oxygens (including phenoxy) is 3. The van der Waals surface area contributed by atoms with Crippen molar-refractivity contribution in [1.29, 1.82) is 0 Å². The van der Waals surface area contributed by atoms with Gasteiger partial charge in [0.2, 0.25) is 5.91 Å². The van der Waals surface area contributed by atoms with Gasteiger partial charge in [0.15, 0.2) is 6.29 Å². The second kappa shape index (κ2) is 72.1. The Kier molecular flexibility index (Phi) is 69.0. The van der Waals surface area contributed by atoms with Crippen LogP contribution >= 0.6 is 0 Å². The summed E-state index contributed by atoms with van der Waals surface area (Å²) in [7, 11) is 0. The third-order valence-electron chi connectivity index (χ3n) is 19.7. The van der Waals surface area contributed by atoms with Crippen LogP contribution in [0.1, 0.15) is 418 Å². The van der Waals surface area contributed by atoms with Gasteiger partial charge >= 0.3 is 5.97 Å². The highest BCUT2D eigenvalue weighted by Crippen LogP contribution is 2.24. The highest BCUT2D eigenvalue weighted by molar-refractivity contribution is 5.76. The zero-order valence-electron chi connectivity index (χ0n) is 62.0. The Morgan fingerprint density at radius 2 is 0.713 bits per heavy atom. The van der Waals surface area contributed by atoms with Crippen LogP contribution in [-0.2, 0) is 23.8 Å². The van der Waals surface area contributed by atoms with Gasteiger partial charge in [0.1, 0.15) is 24.4 Å². The second-order valence-corrected chi connectivity index (χ2v) is 28.8. The minimum absolute atomic E-state index is 0.0116. The molecule has 1 heterocycles. The molecule has 1 saturated heterocycles. The zero-order chi connectivity index (χ0) is 67.9. The van der Waals surface area contributed by atoms with Crippen molar-refractivity contribution >= 4 is 11.9 Å². The molecule has 7 atom stereocenters. The summed E-state index contributed by atoms with van der Waals surface area (Å²) in [6.45, 7) is 4.35. The molecular formula is C83H157NO10. The number of unbranched alkanes of at least 4 members (excludes halogenated alkanes) is 56. The van der Waals surface area contributed by atoms with Crippen molar-refractivity contribution in [3.05, 3.63) is 36.5 Å². The minimum atomic E-state index is -1.57. The molecule has 11 nitrogen and oxygen atoms in total. The molecule has 0 spiro atoms. The lowest BCUT2D eigenvalue weighted by molar-refractivity contribution is -0.302. The van der Waals surface area contributed by atoms with Gasteiger partial charge in [0, 0.05) is 12.8 Å². The average molecular weight is 1330 g/mol. The first kappa shape index (κ1) is 89.9. The van der Waals surface area contributed by atoms with E-state index in [-0.39, 0.29) is 18.5 Å². The third kappa shape index (κ3) is 59.9. The molecule has 0 bridgehead atoms. The monoisotopic (exact) mass is 1330 g/mol. The molecule has 0 aliphatic carbocycles. The predicted octanol–water partition coefficient (Wildman–Crippen LogP) is 22.5. The number of carbonyl (C=O) groups excluding carboxylic acids is 2. The number of amides is 1. The molecule has 1 amide bonds. The molecule has 6 N–H and O–H groups in total. The second-order valence-electron chi connectivity index (χ2n) is 28.8. The summed E-state index contributed by atoms with van der Waals surface area (Å²) < 4.78 is 16.8. The van der Waals surface area contributed by atoms with Crippen LogP contribution < -0.4 is 5.32 Å². The minimum Gasteiger partial charge on any atom is -0.466 e. The van der Waals surface area contributed by atoms with E-state index < -0.39 is 49.5 Å². The van der Waals surface area contributed by atoms with Crippen LogP contribution in [-0.4, -0.2) is 100 Å². The molecule has 94 heavy (non-hydrogen) atoms. The molecule has 1 fully saturated rings. The van der Waals surface area contributed by atoms with Crippen LogP contribution in [0, 0.1) is 0 Å². The maximum absolute atomic E-state index is 13.0. The van der Waals surface area contributed by atoms with Crippen molar-refractivity contribution in [1.82, 2.24) is 5.32 Å². The number of carbonyl (C=O) groups is 2. The predicted molar refractivity (Wildman–Crippen MR) is 398 cm³/mol. The first-order chi connectivity index (χ1) is 46.2. The molecule has 1 rings (SSSR count). The van der Waals surface area contributed by atoms with Crippen LogP contribution in [0.25, 0.3) is 0 Å². The zero-order valence-corrected chi connectivity index (χ0v) is 62.0. The summed E-state index contributed by atoms with van der Waals surface area (Å²) in [5.74, 6) is -0.164. The number of esters is 1.